The van der Waals surface area contributed by atoms with Crippen molar-refractivity contribution >= 4 is 23.9 Å². The Morgan fingerprint density at radius 2 is 1.23 bits per heavy atom. The molecule has 0 aromatic heterocycles. The van der Waals surface area contributed by atoms with Gasteiger partial charge in [-0.25, -0.2) is 4.79 Å². The molecule has 0 heterocycles. The summed E-state index contributed by atoms with van der Waals surface area (Å²) in [6, 6.07) is 0. The summed E-state index contributed by atoms with van der Waals surface area (Å²) in [6.45, 7) is -0.168. The van der Waals surface area contributed by atoms with Gasteiger partial charge in [-0.05, 0) is 32.1 Å². The van der Waals surface area contributed by atoms with Crippen LogP contribution in [0.2, 0.25) is 0 Å². The molecule has 10 nitrogen and oxygen atoms in total. The molecule has 150 valence electrons. The average molecular weight is 378 g/mol. The molecule has 0 aromatic rings. The first-order chi connectivity index (χ1) is 12.3. The minimum atomic E-state index is -1.17. The van der Waals surface area contributed by atoms with Crippen LogP contribution in [-0.4, -0.2) is 52.1 Å². The fourth-order valence-electron chi connectivity index (χ4n) is 1.83. The van der Waals surface area contributed by atoms with E-state index in [0.29, 0.717) is 25.7 Å². The number of esters is 1. The quantitative estimate of drug-likeness (QED) is 0.118. The third-order valence-electron chi connectivity index (χ3n) is 3.15. The average Bonchev–Trinajstić information content (AvgIpc) is 2.57. The van der Waals surface area contributed by atoms with Gasteiger partial charge in [-0.3, -0.25) is 19.3 Å². The Morgan fingerprint density at radius 3 is 1.73 bits per heavy atom. The van der Waals surface area contributed by atoms with Crippen LogP contribution in [0.4, 0.5) is 0 Å². The third kappa shape index (κ3) is 15.3. The number of hydrogen-bond donors (Lipinski definition) is 3. The van der Waals surface area contributed by atoms with Crippen molar-refractivity contribution in [2.75, 3.05) is 6.61 Å². The number of carbonyl (C=O) groups is 4. The lowest BCUT2D eigenvalue weighted by molar-refractivity contribution is -0.345. The molecule has 0 aliphatic heterocycles. The number of aliphatic carboxylic acids is 2. The van der Waals surface area contributed by atoms with Gasteiger partial charge in [0.15, 0.2) is 0 Å². The number of carbonyl (C=O) groups excluding carboxylic acids is 2. The molecule has 0 fully saturated rings. The number of carboxylic acid groups (broad SMARTS) is 2. The number of unbranched alkanes of at least 4 members (excludes halogenated alkanes) is 2. The standard InChI is InChI=1S/C16H26O10/c17-11-5-10-16(24-14(22)8-3-1-6-12(18)19)26-25-15(23)9-4-2-7-13(20)21/h16-17H,1-11H2,(H,18,19)(H,20,21). The summed E-state index contributed by atoms with van der Waals surface area (Å²) in [5, 5.41) is 25.8. The molecule has 0 spiro atoms. The van der Waals surface area contributed by atoms with Crippen molar-refractivity contribution in [2.45, 2.75) is 70.5 Å². The SMILES string of the molecule is O=C(O)CCCCC(=O)OOC(CCCO)OC(=O)CCCCC(=O)O. The molecule has 0 saturated heterocycles. The molecule has 0 aliphatic carbocycles. The molecule has 1 unspecified atom stereocenters. The van der Waals surface area contributed by atoms with Gasteiger partial charge in [-0.1, -0.05) is 0 Å². The van der Waals surface area contributed by atoms with E-state index >= 15 is 0 Å². The zero-order chi connectivity index (χ0) is 19.8. The van der Waals surface area contributed by atoms with Gasteiger partial charge in [0, 0.05) is 38.7 Å². The normalized spacial score (nSPS) is 11.6. The van der Waals surface area contributed by atoms with Crippen LogP contribution in [0.3, 0.4) is 0 Å². The second-order valence-electron chi connectivity index (χ2n) is 5.54. The lowest BCUT2D eigenvalue weighted by atomic mass is 10.2. The first kappa shape index (κ1) is 23.8. The first-order valence-corrected chi connectivity index (χ1v) is 8.45. The van der Waals surface area contributed by atoms with E-state index in [1.165, 1.54) is 0 Å². The highest BCUT2D eigenvalue weighted by Gasteiger charge is 2.18. The van der Waals surface area contributed by atoms with Crippen LogP contribution in [0.5, 0.6) is 0 Å². The first-order valence-electron chi connectivity index (χ1n) is 8.45. The molecule has 3 N–H and O–H groups in total. The Balaban J connectivity index is 4.09. The topological polar surface area (TPSA) is 157 Å². The van der Waals surface area contributed by atoms with Gasteiger partial charge in [0.2, 0.25) is 6.29 Å². The van der Waals surface area contributed by atoms with E-state index in [-0.39, 0.29) is 45.1 Å². The van der Waals surface area contributed by atoms with Gasteiger partial charge in [-0.15, -0.1) is 4.89 Å². The van der Waals surface area contributed by atoms with Crippen molar-refractivity contribution in [1.82, 2.24) is 0 Å². The molecule has 0 rings (SSSR count). The van der Waals surface area contributed by atoms with E-state index in [2.05, 4.69) is 4.89 Å². The third-order valence-corrected chi connectivity index (χ3v) is 3.15. The molecule has 10 heteroatoms. The number of hydrogen-bond acceptors (Lipinski definition) is 8. The summed E-state index contributed by atoms with van der Waals surface area (Å²) < 4.78 is 4.99. The zero-order valence-corrected chi connectivity index (χ0v) is 14.6. The molecule has 0 aliphatic rings. The van der Waals surface area contributed by atoms with Crippen molar-refractivity contribution < 1.29 is 49.0 Å². The van der Waals surface area contributed by atoms with E-state index in [9.17, 15) is 19.2 Å². The summed E-state index contributed by atoms with van der Waals surface area (Å²) >= 11 is 0. The predicted octanol–water partition coefficient (Wildman–Crippen LogP) is 1.39. The fraction of sp³-hybridized carbons (Fsp3) is 0.750. The van der Waals surface area contributed by atoms with Gasteiger partial charge in [0.05, 0.1) is 0 Å². The Kier molecular flexibility index (Phi) is 13.8. The largest absolute Gasteiger partial charge is 0.481 e. The van der Waals surface area contributed by atoms with Crippen LogP contribution >= 0.6 is 0 Å². The number of ether oxygens (including phenoxy) is 1. The minimum absolute atomic E-state index is 0.00456. The summed E-state index contributed by atoms with van der Waals surface area (Å²) in [5.74, 6) is -3.25. The molecule has 0 radical (unpaired) electrons. The maximum Gasteiger partial charge on any atom is 0.342 e. The number of carboxylic acids is 2. The van der Waals surface area contributed by atoms with Gasteiger partial charge in [0.1, 0.15) is 0 Å². The van der Waals surface area contributed by atoms with E-state index < -0.39 is 30.2 Å². The van der Waals surface area contributed by atoms with Crippen molar-refractivity contribution in [3.63, 3.8) is 0 Å². The number of aliphatic hydroxyl groups excluding tert-OH is 1. The molecule has 0 saturated carbocycles. The van der Waals surface area contributed by atoms with Crippen LogP contribution in [0, 0.1) is 0 Å². The Morgan fingerprint density at radius 1 is 0.731 bits per heavy atom. The molecular formula is C16H26O10. The van der Waals surface area contributed by atoms with Crippen LogP contribution < -0.4 is 0 Å². The van der Waals surface area contributed by atoms with Crippen LogP contribution in [0.1, 0.15) is 64.2 Å². The summed E-state index contributed by atoms with van der Waals surface area (Å²) in [5.41, 5.74) is 0. The highest BCUT2D eigenvalue weighted by molar-refractivity contribution is 5.70. The zero-order valence-electron chi connectivity index (χ0n) is 14.6. The van der Waals surface area contributed by atoms with Crippen LogP contribution in [-0.2, 0) is 33.7 Å². The molecule has 0 aromatic carbocycles. The maximum absolute atomic E-state index is 11.7. The predicted molar refractivity (Wildman–Crippen MR) is 85.6 cm³/mol. The Labute approximate surface area is 151 Å². The lowest BCUT2D eigenvalue weighted by Crippen LogP contribution is -2.23. The minimum Gasteiger partial charge on any atom is -0.481 e. The molecular weight excluding hydrogens is 352 g/mol. The number of rotatable bonds is 16. The van der Waals surface area contributed by atoms with E-state index in [1.807, 2.05) is 0 Å². The Hall–Kier alpha value is -2.20. The van der Waals surface area contributed by atoms with Gasteiger partial charge in [-0.2, -0.15) is 0 Å². The van der Waals surface area contributed by atoms with E-state index in [1.54, 1.807) is 0 Å². The van der Waals surface area contributed by atoms with Gasteiger partial charge in [0.25, 0.3) is 0 Å². The second kappa shape index (κ2) is 15.1. The van der Waals surface area contributed by atoms with E-state index in [0.717, 1.165) is 0 Å². The highest BCUT2D eigenvalue weighted by Crippen LogP contribution is 2.10. The highest BCUT2D eigenvalue weighted by atomic mass is 17.2. The van der Waals surface area contributed by atoms with Gasteiger partial charge >= 0.3 is 23.9 Å². The molecule has 0 amide bonds. The van der Waals surface area contributed by atoms with Crippen LogP contribution in [0.15, 0.2) is 0 Å². The van der Waals surface area contributed by atoms with E-state index in [4.69, 9.17) is 24.9 Å². The number of aliphatic hydroxyl groups is 1. The Bertz CT molecular complexity index is 448. The molecule has 1 atom stereocenters. The maximum atomic E-state index is 11.7. The molecule has 26 heavy (non-hydrogen) atoms. The smallest absolute Gasteiger partial charge is 0.342 e. The summed E-state index contributed by atoms with van der Waals surface area (Å²) in [6.07, 6.45) is 0.374. The summed E-state index contributed by atoms with van der Waals surface area (Å²) in [4.78, 5) is 53.2. The van der Waals surface area contributed by atoms with Crippen molar-refractivity contribution in [3.05, 3.63) is 0 Å². The van der Waals surface area contributed by atoms with Gasteiger partial charge < -0.3 is 20.1 Å². The lowest BCUT2D eigenvalue weighted by Gasteiger charge is -2.16. The van der Waals surface area contributed by atoms with Crippen LogP contribution in [0.25, 0.3) is 0 Å². The second-order valence-corrected chi connectivity index (χ2v) is 5.54. The monoisotopic (exact) mass is 378 g/mol. The molecule has 0 bridgehead atoms. The summed E-state index contributed by atoms with van der Waals surface area (Å²) in [7, 11) is 0. The van der Waals surface area contributed by atoms with Crippen molar-refractivity contribution in [2.24, 2.45) is 0 Å². The van der Waals surface area contributed by atoms with Crippen molar-refractivity contribution in [3.8, 4) is 0 Å². The fourth-order valence-corrected chi connectivity index (χ4v) is 1.83. The van der Waals surface area contributed by atoms with Crippen molar-refractivity contribution in [1.29, 1.82) is 0 Å².